The second kappa shape index (κ2) is 6.70. The minimum atomic E-state index is -3.48. The molecular weight excluding hydrogens is 274 g/mol. The summed E-state index contributed by atoms with van der Waals surface area (Å²) in [4.78, 5) is 0.343. The van der Waals surface area contributed by atoms with Crippen molar-refractivity contribution in [2.45, 2.75) is 45.4 Å². The van der Waals surface area contributed by atoms with E-state index in [9.17, 15) is 8.42 Å². The summed E-state index contributed by atoms with van der Waals surface area (Å²) in [6.45, 7) is 8.16. The van der Waals surface area contributed by atoms with E-state index >= 15 is 0 Å². The van der Waals surface area contributed by atoms with Crippen LogP contribution in [0.4, 0.5) is 0 Å². The quantitative estimate of drug-likeness (QED) is 0.812. The Bertz CT molecular complexity index is 550. The molecule has 0 spiro atoms. The summed E-state index contributed by atoms with van der Waals surface area (Å²) in [5.41, 5.74) is 1.50. The monoisotopic (exact) mass is 299 g/mol. The summed E-state index contributed by atoms with van der Waals surface area (Å²) in [5, 5.41) is 8.86. The number of benzene rings is 1. The maximum Gasteiger partial charge on any atom is 0.240 e. The van der Waals surface area contributed by atoms with Gasteiger partial charge in [-0.2, -0.15) is 0 Å². The summed E-state index contributed by atoms with van der Waals surface area (Å²) in [6.07, 6.45) is 1.46. The first-order chi connectivity index (χ1) is 9.18. The van der Waals surface area contributed by atoms with Gasteiger partial charge in [-0.05, 0) is 49.3 Å². The third-order valence-corrected chi connectivity index (χ3v) is 4.93. The van der Waals surface area contributed by atoms with Crippen LogP contribution in [0.1, 0.15) is 37.8 Å². The highest BCUT2D eigenvalue weighted by atomic mass is 32.2. The van der Waals surface area contributed by atoms with Crippen molar-refractivity contribution in [3.05, 3.63) is 29.3 Å². The lowest BCUT2D eigenvalue weighted by Crippen LogP contribution is -2.34. The molecule has 5 heteroatoms. The van der Waals surface area contributed by atoms with Crippen LogP contribution in [-0.2, 0) is 10.0 Å². The van der Waals surface area contributed by atoms with Crippen molar-refractivity contribution in [2.75, 3.05) is 13.2 Å². The topological polar surface area (TPSA) is 66.4 Å². The SMILES string of the molecule is Cc1ccc(C)c(S(=O)(=O)NCC(C)(C)CCCO)c1. The highest BCUT2D eigenvalue weighted by Gasteiger charge is 2.23. The number of sulfonamides is 1. The zero-order valence-electron chi connectivity index (χ0n) is 12.7. The van der Waals surface area contributed by atoms with Crippen LogP contribution in [0.25, 0.3) is 0 Å². The number of rotatable bonds is 7. The first-order valence-electron chi connectivity index (χ1n) is 6.86. The first-order valence-corrected chi connectivity index (χ1v) is 8.34. The van der Waals surface area contributed by atoms with Gasteiger partial charge in [-0.15, -0.1) is 0 Å². The molecule has 0 saturated heterocycles. The van der Waals surface area contributed by atoms with Gasteiger partial charge in [0.05, 0.1) is 4.90 Å². The molecule has 0 atom stereocenters. The van der Waals surface area contributed by atoms with E-state index in [2.05, 4.69) is 4.72 Å². The lowest BCUT2D eigenvalue weighted by Gasteiger charge is -2.24. The number of hydrogen-bond acceptors (Lipinski definition) is 3. The van der Waals surface area contributed by atoms with Gasteiger partial charge in [-0.25, -0.2) is 13.1 Å². The van der Waals surface area contributed by atoms with E-state index in [4.69, 9.17) is 5.11 Å². The molecule has 2 N–H and O–H groups in total. The van der Waals surface area contributed by atoms with Crippen molar-refractivity contribution in [1.29, 1.82) is 0 Å². The Labute approximate surface area is 122 Å². The largest absolute Gasteiger partial charge is 0.396 e. The maximum atomic E-state index is 12.4. The summed E-state index contributed by atoms with van der Waals surface area (Å²) >= 11 is 0. The molecule has 0 bridgehead atoms. The first kappa shape index (κ1) is 17.1. The third-order valence-electron chi connectivity index (χ3n) is 3.39. The average molecular weight is 299 g/mol. The van der Waals surface area contributed by atoms with Gasteiger partial charge in [-0.1, -0.05) is 26.0 Å². The molecule has 1 aromatic carbocycles. The Hall–Kier alpha value is -0.910. The van der Waals surface area contributed by atoms with Crippen molar-refractivity contribution >= 4 is 10.0 Å². The molecular formula is C15H25NO3S. The molecule has 114 valence electrons. The second-order valence-corrected chi connectivity index (χ2v) is 7.82. The van der Waals surface area contributed by atoms with Crippen LogP contribution in [0.15, 0.2) is 23.1 Å². The maximum absolute atomic E-state index is 12.4. The van der Waals surface area contributed by atoms with Crippen molar-refractivity contribution in [1.82, 2.24) is 4.72 Å². The van der Waals surface area contributed by atoms with Gasteiger partial charge in [0.2, 0.25) is 10.0 Å². The van der Waals surface area contributed by atoms with Crippen molar-refractivity contribution in [3.8, 4) is 0 Å². The lowest BCUT2D eigenvalue weighted by atomic mass is 9.88. The molecule has 0 amide bonds. The van der Waals surface area contributed by atoms with Gasteiger partial charge in [0.25, 0.3) is 0 Å². The van der Waals surface area contributed by atoms with E-state index in [1.54, 1.807) is 13.0 Å². The second-order valence-electron chi connectivity index (χ2n) is 6.08. The molecule has 0 saturated carbocycles. The van der Waals surface area contributed by atoms with Crippen LogP contribution in [0, 0.1) is 19.3 Å². The standard InChI is InChI=1S/C15H25NO3S/c1-12-6-7-13(2)14(10-12)20(18,19)16-11-15(3,4)8-5-9-17/h6-7,10,16-17H,5,8-9,11H2,1-4H3. The van der Waals surface area contributed by atoms with Gasteiger partial charge in [0.1, 0.15) is 0 Å². The molecule has 0 radical (unpaired) electrons. The fraction of sp³-hybridized carbons (Fsp3) is 0.600. The molecule has 1 rings (SSSR count). The molecule has 4 nitrogen and oxygen atoms in total. The Morgan fingerprint density at radius 3 is 2.50 bits per heavy atom. The fourth-order valence-corrected chi connectivity index (χ4v) is 3.58. The number of aliphatic hydroxyl groups is 1. The smallest absolute Gasteiger partial charge is 0.240 e. The minimum absolute atomic E-state index is 0.132. The molecule has 0 fully saturated rings. The number of hydrogen-bond donors (Lipinski definition) is 2. The Morgan fingerprint density at radius 2 is 1.90 bits per heavy atom. The minimum Gasteiger partial charge on any atom is -0.396 e. The van der Waals surface area contributed by atoms with Crippen molar-refractivity contribution in [2.24, 2.45) is 5.41 Å². The predicted octanol–water partition coefficient (Wildman–Crippen LogP) is 2.38. The molecule has 20 heavy (non-hydrogen) atoms. The fourth-order valence-electron chi connectivity index (χ4n) is 2.01. The van der Waals surface area contributed by atoms with Crippen molar-refractivity contribution in [3.63, 3.8) is 0 Å². The number of aliphatic hydroxyl groups excluding tert-OH is 1. The van der Waals surface area contributed by atoms with Gasteiger partial charge in [0.15, 0.2) is 0 Å². The molecule has 0 unspecified atom stereocenters. The van der Waals surface area contributed by atoms with Crippen LogP contribution in [-0.4, -0.2) is 26.7 Å². The Kier molecular flexibility index (Phi) is 5.74. The molecule has 0 aliphatic heterocycles. The Morgan fingerprint density at radius 1 is 1.25 bits per heavy atom. The zero-order valence-corrected chi connectivity index (χ0v) is 13.5. The van der Waals surface area contributed by atoms with E-state index in [0.29, 0.717) is 17.9 Å². The van der Waals surface area contributed by atoms with Gasteiger partial charge in [-0.3, -0.25) is 0 Å². The molecule has 0 aliphatic rings. The normalized spacial score (nSPS) is 12.7. The van der Waals surface area contributed by atoms with Gasteiger partial charge < -0.3 is 5.11 Å². The van der Waals surface area contributed by atoms with Crippen LogP contribution in [0.2, 0.25) is 0 Å². The van der Waals surface area contributed by atoms with Crippen LogP contribution in [0.5, 0.6) is 0 Å². The van der Waals surface area contributed by atoms with E-state index in [0.717, 1.165) is 17.5 Å². The van der Waals surface area contributed by atoms with Crippen LogP contribution >= 0.6 is 0 Å². The summed E-state index contributed by atoms with van der Waals surface area (Å²) < 4.78 is 27.4. The Balaban J connectivity index is 2.83. The van der Waals surface area contributed by atoms with Gasteiger partial charge in [0, 0.05) is 13.2 Å². The van der Waals surface area contributed by atoms with Crippen molar-refractivity contribution < 1.29 is 13.5 Å². The predicted molar refractivity (Wildman–Crippen MR) is 81.2 cm³/mol. The van der Waals surface area contributed by atoms with E-state index in [1.165, 1.54) is 0 Å². The third kappa shape index (κ3) is 4.89. The highest BCUT2D eigenvalue weighted by molar-refractivity contribution is 7.89. The number of nitrogens with one attached hydrogen (secondary N) is 1. The molecule has 0 aliphatic carbocycles. The van der Waals surface area contributed by atoms with E-state index < -0.39 is 10.0 Å². The number of aryl methyl sites for hydroxylation is 2. The average Bonchev–Trinajstić information content (AvgIpc) is 2.37. The summed E-state index contributed by atoms with van der Waals surface area (Å²) in [6, 6.07) is 5.42. The summed E-state index contributed by atoms with van der Waals surface area (Å²) in [5.74, 6) is 0. The lowest BCUT2D eigenvalue weighted by molar-refractivity contribution is 0.242. The van der Waals surface area contributed by atoms with Crippen LogP contribution in [0.3, 0.4) is 0 Å². The van der Waals surface area contributed by atoms with E-state index in [-0.39, 0.29) is 12.0 Å². The highest BCUT2D eigenvalue weighted by Crippen LogP contribution is 2.23. The van der Waals surface area contributed by atoms with Gasteiger partial charge >= 0.3 is 0 Å². The zero-order chi connectivity index (χ0) is 15.4. The molecule has 1 aromatic rings. The van der Waals surface area contributed by atoms with Crippen LogP contribution < -0.4 is 4.72 Å². The molecule has 0 aromatic heterocycles. The summed E-state index contributed by atoms with van der Waals surface area (Å²) in [7, 11) is -3.48. The van der Waals surface area contributed by atoms with E-state index in [1.807, 2.05) is 32.9 Å². The molecule has 0 heterocycles.